The van der Waals surface area contributed by atoms with Crippen molar-refractivity contribution in [3.05, 3.63) is 102 Å². The van der Waals surface area contributed by atoms with E-state index in [4.69, 9.17) is 5.73 Å². The van der Waals surface area contributed by atoms with E-state index in [1.807, 2.05) is 73.8 Å². The lowest BCUT2D eigenvalue weighted by Crippen LogP contribution is -2.04. The van der Waals surface area contributed by atoms with Gasteiger partial charge in [0.05, 0.1) is 16.9 Å². The van der Waals surface area contributed by atoms with Gasteiger partial charge in [-0.3, -0.25) is 0 Å². The third-order valence-electron chi connectivity index (χ3n) is 6.00. The number of nitrogens with one attached hydrogen (secondary N) is 2. The van der Waals surface area contributed by atoms with Gasteiger partial charge in [0.1, 0.15) is 5.75 Å². The van der Waals surface area contributed by atoms with Gasteiger partial charge in [0.15, 0.2) is 0 Å². The molecule has 0 amide bonds. The Morgan fingerprint density at radius 1 is 1.03 bits per heavy atom. The third kappa shape index (κ3) is 6.73. The summed E-state index contributed by atoms with van der Waals surface area (Å²) in [6.07, 6.45) is 8.24. The Bertz CT molecular complexity index is 1460. The summed E-state index contributed by atoms with van der Waals surface area (Å²) < 4.78 is 0. The SMILES string of the molecule is CCC(/C=C\C(=C/N)Nc1ccc(-c2cccc(O)c2)cc1)/C=N/Nc1nc(C)c2cc(C)ccc2n1. The largest absolute Gasteiger partial charge is 0.508 e. The molecule has 7 heteroatoms. The van der Waals surface area contributed by atoms with Gasteiger partial charge in [-0.15, -0.1) is 0 Å². The first-order valence-corrected chi connectivity index (χ1v) is 12.3. The van der Waals surface area contributed by atoms with E-state index < -0.39 is 0 Å². The van der Waals surface area contributed by atoms with Crippen LogP contribution in [0.5, 0.6) is 5.75 Å². The Labute approximate surface area is 217 Å². The smallest absolute Gasteiger partial charge is 0.244 e. The van der Waals surface area contributed by atoms with Gasteiger partial charge < -0.3 is 16.2 Å². The van der Waals surface area contributed by atoms with Crippen LogP contribution in [0.25, 0.3) is 22.0 Å². The summed E-state index contributed by atoms with van der Waals surface area (Å²) in [5.41, 5.74) is 15.5. The summed E-state index contributed by atoms with van der Waals surface area (Å²) in [5, 5.41) is 18.5. The van der Waals surface area contributed by atoms with Crippen molar-refractivity contribution < 1.29 is 5.11 Å². The maximum atomic E-state index is 9.71. The van der Waals surface area contributed by atoms with E-state index in [2.05, 4.69) is 45.7 Å². The van der Waals surface area contributed by atoms with Crippen LogP contribution in [0.1, 0.15) is 24.6 Å². The molecule has 0 radical (unpaired) electrons. The van der Waals surface area contributed by atoms with Gasteiger partial charge in [-0.05, 0) is 73.9 Å². The van der Waals surface area contributed by atoms with E-state index in [0.717, 1.165) is 45.5 Å². The molecular formula is C30H32N6O. The quantitative estimate of drug-likeness (QED) is 0.120. The molecule has 0 saturated carbocycles. The highest BCUT2D eigenvalue weighted by Gasteiger charge is 2.05. The van der Waals surface area contributed by atoms with Crippen LogP contribution in [0.15, 0.2) is 95.9 Å². The van der Waals surface area contributed by atoms with Crippen LogP contribution >= 0.6 is 0 Å². The summed E-state index contributed by atoms with van der Waals surface area (Å²) in [5.74, 6) is 0.821. The van der Waals surface area contributed by atoms with Crippen LogP contribution in [-0.4, -0.2) is 21.3 Å². The number of nitrogens with zero attached hydrogens (tertiary/aromatic N) is 3. The lowest BCUT2D eigenvalue weighted by Gasteiger charge is -2.10. The number of aromatic hydroxyl groups is 1. The number of allylic oxidation sites excluding steroid dienone is 2. The zero-order chi connectivity index (χ0) is 26.2. The van der Waals surface area contributed by atoms with Crippen molar-refractivity contribution >= 4 is 28.8 Å². The van der Waals surface area contributed by atoms with Crippen molar-refractivity contribution in [2.24, 2.45) is 16.8 Å². The summed E-state index contributed by atoms with van der Waals surface area (Å²) in [4.78, 5) is 9.09. The number of phenols is 1. The first-order chi connectivity index (χ1) is 17.9. The number of nitrogens with two attached hydrogens (primary N) is 1. The van der Waals surface area contributed by atoms with Crippen molar-refractivity contribution in [2.45, 2.75) is 27.2 Å². The number of hydrogen-bond acceptors (Lipinski definition) is 7. The highest BCUT2D eigenvalue weighted by atomic mass is 16.3. The van der Waals surface area contributed by atoms with Gasteiger partial charge in [-0.1, -0.05) is 48.9 Å². The van der Waals surface area contributed by atoms with E-state index in [1.54, 1.807) is 12.1 Å². The number of phenolic OH excluding ortho intramolecular Hbond substituents is 1. The Morgan fingerprint density at radius 2 is 1.84 bits per heavy atom. The first-order valence-electron chi connectivity index (χ1n) is 12.3. The second kappa shape index (κ2) is 11.9. The fourth-order valence-electron chi connectivity index (χ4n) is 3.89. The van der Waals surface area contributed by atoms with Gasteiger partial charge in [-0.25, -0.2) is 15.4 Å². The number of aromatic nitrogens is 2. The van der Waals surface area contributed by atoms with Crippen molar-refractivity contribution in [1.29, 1.82) is 0 Å². The van der Waals surface area contributed by atoms with Crippen molar-refractivity contribution in [1.82, 2.24) is 9.97 Å². The number of rotatable bonds is 9. The minimum absolute atomic E-state index is 0.0987. The van der Waals surface area contributed by atoms with Gasteiger partial charge >= 0.3 is 0 Å². The van der Waals surface area contributed by atoms with E-state index in [0.29, 0.717) is 5.95 Å². The maximum Gasteiger partial charge on any atom is 0.244 e. The summed E-state index contributed by atoms with van der Waals surface area (Å²) >= 11 is 0. The molecule has 0 aliphatic heterocycles. The normalized spacial score (nSPS) is 12.9. The zero-order valence-electron chi connectivity index (χ0n) is 21.3. The molecule has 0 fully saturated rings. The second-order valence-corrected chi connectivity index (χ2v) is 8.85. The van der Waals surface area contributed by atoms with Gasteiger partial charge in [0, 0.05) is 29.4 Å². The summed E-state index contributed by atoms with van der Waals surface area (Å²) in [7, 11) is 0. The minimum atomic E-state index is 0.0987. The molecular weight excluding hydrogens is 460 g/mol. The summed E-state index contributed by atoms with van der Waals surface area (Å²) in [6, 6.07) is 21.3. The molecule has 5 N–H and O–H groups in total. The molecule has 188 valence electrons. The van der Waals surface area contributed by atoms with E-state index in [1.165, 1.54) is 11.8 Å². The molecule has 1 atom stereocenters. The Kier molecular flexibility index (Phi) is 8.15. The fraction of sp³-hybridized carbons (Fsp3) is 0.167. The van der Waals surface area contributed by atoms with Crippen molar-refractivity contribution in [3.63, 3.8) is 0 Å². The Hall–Kier alpha value is -4.65. The Balaban J connectivity index is 1.37. The number of fused-ring (bicyclic) bond motifs is 1. The summed E-state index contributed by atoms with van der Waals surface area (Å²) in [6.45, 7) is 6.13. The van der Waals surface area contributed by atoms with Gasteiger partial charge in [0.2, 0.25) is 5.95 Å². The first kappa shape index (κ1) is 25.4. The molecule has 1 heterocycles. The zero-order valence-corrected chi connectivity index (χ0v) is 21.3. The fourth-order valence-corrected chi connectivity index (χ4v) is 3.89. The van der Waals surface area contributed by atoms with E-state index >= 15 is 0 Å². The topological polar surface area (TPSA) is 108 Å². The number of hydrogen-bond donors (Lipinski definition) is 4. The molecule has 1 unspecified atom stereocenters. The van der Waals surface area contributed by atoms with E-state index in [-0.39, 0.29) is 11.7 Å². The van der Waals surface area contributed by atoms with Crippen LogP contribution in [0.4, 0.5) is 11.6 Å². The maximum absolute atomic E-state index is 9.71. The average molecular weight is 493 g/mol. The molecule has 37 heavy (non-hydrogen) atoms. The number of aryl methyl sites for hydroxylation is 2. The molecule has 0 aliphatic rings. The third-order valence-corrected chi connectivity index (χ3v) is 6.00. The predicted octanol–water partition coefficient (Wildman–Crippen LogP) is 6.51. The highest BCUT2D eigenvalue weighted by Crippen LogP contribution is 2.25. The number of benzene rings is 3. The second-order valence-electron chi connectivity index (χ2n) is 8.85. The Morgan fingerprint density at radius 3 is 2.57 bits per heavy atom. The molecule has 4 rings (SSSR count). The number of anilines is 2. The lowest BCUT2D eigenvalue weighted by atomic mass is 10.0. The predicted molar refractivity (Wildman–Crippen MR) is 153 cm³/mol. The molecule has 0 spiro atoms. The molecule has 1 aromatic heterocycles. The van der Waals surface area contributed by atoms with Crippen LogP contribution in [-0.2, 0) is 0 Å². The average Bonchev–Trinajstić information content (AvgIpc) is 2.90. The van der Waals surface area contributed by atoms with Gasteiger partial charge in [0.25, 0.3) is 0 Å². The molecule has 0 bridgehead atoms. The van der Waals surface area contributed by atoms with Crippen LogP contribution in [0.2, 0.25) is 0 Å². The standard InChI is InChI=1S/C30H32N6O/c1-4-22(19-32-36-30-33-21(3)28-16-20(2)8-15-29(28)35-30)9-12-26(18-31)34-25-13-10-23(11-14-25)24-6-5-7-27(37)17-24/h5-19,22,34,37H,4,31H2,1-3H3,(H,33,35,36)/b12-9-,26-18+,32-19+. The van der Waals surface area contributed by atoms with Crippen molar-refractivity contribution in [2.75, 3.05) is 10.7 Å². The van der Waals surface area contributed by atoms with Crippen LogP contribution in [0.3, 0.4) is 0 Å². The highest BCUT2D eigenvalue weighted by molar-refractivity contribution is 5.82. The lowest BCUT2D eigenvalue weighted by molar-refractivity contribution is 0.475. The molecule has 3 aromatic carbocycles. The van der Waals surface area contributed by atoms with Crippen LogP contribution < -0.4 is 16.5 Å². The minimum Gasteiger partial charge on any atom is -0.508 e. The van der Waals surface area contributed by atoms with E-state index in [9.17, 15) is 5.11 Å². The van der Waals surface area contributed by atoms with Crippen LogP contribution in [0, 0.1) is 19.8 Å². The molecule has 0 saturated heterocycles. The number of hydrazone groups is 1. The van der Waals surface area contributed by atoms with Gasteiger partial charge in [-0.2, -0.15) is 5.10 Å². The van der Waals surface area contributed by atoms with Crippen molar-refractivity contribution in [3.8, 4) is 16.9 Å². The molecule has 7 nitrogen and oxygen atoms in total. The molecule has 0 aliphatic carbocycles. The molecule has 4 aromatic rings. The monoisotopic (exact) mass is 492 g/mol.